The van der Waals surface area contributed by atoms with Crippen molar-refractivity contribution in [3.63, 3.8) is 0 Å². The second kappa shape index (κ2) is 55.0. The number of halogens is 1. The third-order valence-electron chi connectivity index (χ3n) is 30.1. The number of carboxylic acid groups (broad SMARTS) is 1. The molecule has 21 rings (SSSR count). The number of phenolic OH excluding ortho intramolecular Hbond substituents is 1. The van der Waals surface area contributed by atoms with Crippen LogP contribution in [0.4, 0.5) is 0 Å². The van der Waals surface area contributed by atoms with Crippen LogP contribution in [0.3, 0.4) is 0 Å². The number of hydrogen-bond acceptors (Lipinski definition) is 21. The van der Waals surface area contributed by atoms with Crippen molar-refractivity contribution in [2.45, 2.75) is 235 Å². The van der Waals surface area contributed by atoms with Gasteiger partial charge in [0.2, 0.25) is 11.8 Å². The molecule has 16 fully saturated rings. The first-order valence-corrected chi connectivity index (χ1v) is 49.7. The van der Waals surface area contributed by atoms with Crippen molar-refractivity contribution < 1.29 is 121 Å². The Morgan fingerprint density at radius 1 is 0.398 bits per heavy atom. The number of nitrogens with one attached hydrogen (secondary N) is 3. The number of aromatic hydroxyl groups is 1. The van der Waals surface area contributed by atoms with Gasteiger partial charge >= 0.3 is 30.8 Å². The zero-order chi connectivity index (χ0) is 89.5. The number of carbonyl (C=O) groups excluding carboxylic acids is 4. The molecule has 0 atom stereocenters. The number of carbonyl (C=O) groups is 5. The molecular formula is C104H154ClLiN6O21. The molecule has 27 nitrogen and oxygen atoms in total. The van der Waals surface area contributed by atoms with E-state index in [9.17, 15) is 29.1 Å². The number of aromatic nitrogens is 3. The molecule has 0 spiro atoms. The molecule has 16 aliphatic carbocycles. The molecule has 29 heteroatoms. The van der Waals surface area contributed by atoms with Crippen molar-refractivity contribution in [1.82, 2.24) is 30.9 Å². The average molecular weight is 1870 g/mol. The fourth-order valence-electron chi connectivity index (χ4n) is 26.1. The fraction of sp³-hybridized carbons (Fsp3) is 0.702. The Balaban J connectivity index is 0.000000223. The molecule has 4 aromatic carbocycles. The standard InChI is InChI=1S/C49H79ClN6O12.C20H26O3.C18H22O3.C16H20O.CH4.Li.2H2O/c50-11-3-1-2-4-16-60-21-22-62-18-13-52-47(58)38-67-30-29-66-27-24-61-17-12-51-46(57)10-7-44-37-56(55-54-44)15-20-64-25-28-65-26-23-63-19-14-53-48(59)39-68-45-8-5-43(6-9-45)49-34-40-31-41(35-49)33-42(32-40)36-49;1-2-22-19(21)13-23-18-5-3-17(4-6-18)20-10-14-7-15(11-20)9-16(8-14)12-20;19-17(20)11-21-16-3-1-15(2-4-16)18-8-12-5-13(9-18)7-14(6-12)10-18;17-15-3-1-14(2-4-15)16-8-11-5-12(9-16)7-13(6-11)10-16;;;;/h5-6,8-9,37,40-42H,1-4,7,10-36,38-39H2,(H,51,57)(H,52,58)(H,53,59);3-6,14-16H,2,7-13H2,1H3;1-4,12-14H,5-11H2,(H,19,20);1-4,11-13,17H,5-10H2;1H4;;2*1H2/q;;;;;+1;;/p-1. The molecule has 0 saturated heterocycles. The van der Waals surface area contributed by atoms with Gasteiger partial charge in [0.25, 0.3) is 5.91 Å². The van der Waals surface area contributed by atoms with Crippen LogP contribution in [0.5, 0.6) is 23.0 Å². The number of esters is 1. The average Bonchev–Trinajstić information content (AvgIpc) is 0.853. The number of aliphatic carboxylic acids is 1. The van der Waals surface area contributed by atoms with Crippen molar-refractivity contribution in [3.8, 4) is 23.0 Å². The van der Waals surface area contributed by atoms with E-state index in [-0.39, 0.29) is 93.8 Å². The molecule has 16 aliphatic rings. The predicted molar refractivity (Wildman–Crippen MR) is 503 cm³/mol. The van der Waals surface area contributed by atoms with Gasteiger partial charge < -0.3 is 94.0 Å². The number of ether oxygens (including phenoxy) is 12. The smallest absolute Gasteiger partial charge is 0.870 e. The van der Waals surface area contributed by atoms with E-state index in [1.807, 2.05) is 54.7 Å². The molecule has 1 heterocycles. The molecule has 0 radical (unpaired) electrons. The SMILES string of the molecule is C.CCOC(=O)COc1ccc(C23CC4CC(CC(C4)C2)C3)cc1.O.O=C(CCc1cn(CCOCCOCCOCCNC(=O)COc2ccc(C34CC5CC(CC(C5)C3)C4)cc2)nn1)NCCOCCOCCOCC(=O)NCCOCCOCCCCCCCl.O=C(O)COc1ccc(C23CC4CC(CC(C4)C2)C3)cc1.Oc1ccc(C23CC4CC(CC(C4)C2)C3)cc1.[Li+].[OH-]. The number of unbranched alkanes of at least 4 members (excludes halogenated alkanes) is 3. The quantitative estimate of drug-likeness (QED) is 0.0104. The van der Waals surface area contributed by atoms with Gasteiger partial charge in [0.15, 0.2) is 19.8 Å². The predicted octanol–water partition coefficient (Wildman–Crippen LogP) is 12.3. The maximum atomic E-state index is 12.3. The monoisotopic (exact) mass is 1870 g/mol. The van der Waals surface area contributed by atoms with Gasteiger partial charge in [0.05, 0.1) is 111 Å². The van der Waals surface area contributed by atoms with Gasteiger partial charge in [0.1, 0.15) is 29.6 Å². The molecule has 1 aromatic heterocycles. The van der Waals surface area contributed by atoms with E-state index < -0.39 is 5.97 Å². The number of carboxylic acids is 1. The van der Waals surface area contributed by atoms with Crippen LogP contribution in [0.15, 0.2) is 103 Å². The molecule has 133 heavy (non-hydrogen) atoms. The summed E-state index contributed by atoms with van der Waals surface area (Å²) in [6.45, 7) is 10.1. The Bertz CT molecular complexity index is 4100. The summed E-state index contributed by atoms with van der Waals surface area (Å²) in [5, 5.41) is 34.8. The first-order chi connectivity index (χ1) is 62.9. The number of hydrogen-bond donors (Lipinski definition) is 5. The Morgan fingerprint density at radius 3 is 1.07 bits per heavy atom. The van der Waals surface area contributed by atoms with Crippen molar-refractivity contribution in [2.24, 2.45) is 71.0 Å². The van der Waals surface area contributed by atoms with E-state index in [1.165, 1.54) is 176 Å². The maximum Gasteiger partial charge on any atom is 1.00 e. The van der Waals surface area contributed by atoms with Gasteiger partial charge in [-0.25, -0.2) is 14.3 Å². The van der Waals surface area contributed by atoms with Crippen molar-refractivity contribution in [3.05, 3.63) is 131 Å². The van der Waals surface area contributed by atoms with E-state index in [0.717, 1.165) is 120 Å². The van der Waals surface area contributed by atoms with Crippen LogP contribution in [0, 0.1) is 71.0 Å². The summed E-state index contributed by atoms with van der Waals surface area (Å²) >= 11 is 5.66. The van der Waals surface area contributed by atoms with Gasteiger partial charge in [0, 0.05) is 51.2 Å². The minimum Gasteiger partial charge on any atom is -0.870 e. The summed E-state index contributed by atoms with van der Waals surface area (Å²) in [6, 6.07) is 33.3. The molecular weight excluding hydrogens is 1710 g/mol. The minimum atomic E-state index is -0.930. The normalized spacial score (nSPS) is 27.1. The molecule has 0 unspecified atom stereocenters. The first-order valence-electron chi connectivity index (χ1n) is 49.2. The van der Waals surface area contributed by atoms with E-state index in [1.54, 1.807) is 11.6 Å². The van der Waals surface area contributed by atoms with E-state index in [0.29, 0.717) is 171 Å². The van der Waals surface area contributed by atoms with Crippen LogP contribution >= 0.6 is 11.6 Å². The minimum absolute atomic E-state index is 0. The van der Waals surface area contributed by atoms with Crippen molar-refractivity contribution in [1.29, 1.82) is 0 Å². The Kier molecular flexibility index (Phi) is 44.7. The number of rotatable bonds is 52. The Labute approximate surface area is 806 Å². The van der Waals surface area contributed by atoms with Crippen LogP contribution in [0.25, 0.3) is 0 Å². The third-order valence-corrected chi connectivity index (χ3v) is 30.3. The third kappa shape index (κ3) is 32.9. The van der Waals surface area contributed by atoms with E-state index in [4.69, 9.17) is 73.5 Å². The molecule has 16 bridgehead atoms. The second-order valence-electron chi connectivity index (χ2n) is 39.9. The van der Waals surface area contributed by atoms with Crippen LogP contribution in [0.1, 0.15) is 229 Å². The number of aryl methyl sites for hydroxylation is 1. The summed E-state index contributed by atoms with van der Waals surface area (Å²) in [5.74, 6) is 13.0. The van der Waals surface area contributed by atoms with Crippen LogP contribution in [-0.2, 0) is 101 Å². The fourth-order valence-corrected chi connectivity index (χ4v) is 26.3. The Hall–Kier alpha value is -6.94. The van der Waals surface area contributed by atoms with Crippen molar-refractivity contribution in [2.75, 3.05) is 158 Å². The first kappa shape index (κ1) is 108. The van der Waals surface area contributed by atoms with Gasteiger partial charge in [-0.15, -0.1) is 16.7 Å². The zero-order valence-corrected chi connectivity index (χ0v) is 79.4. The molecule has 16 saturated carbocycles. The maximum absolute atomic E-state index is 12.3. The summed E-state index contributed by atoms with van der Waals surface area (Å²) in [4.78, 5) is 58.3. The number of alkyl halides is 1. The number of phenols is 1. The summed E-state index contributed by atoms with van der Waals surface area (Å²) in [6.07, 6.45) is 40.9. The number of nitrogens with zero attached hydrogens (tertiary/aromatic N) is 3. The summed E-state index contributed by atoms with van der Waals surface area (Å²) < 4.78 is 67.2. The summed E-state index contributed by atoms with van der Waals surface area (Å²) in [7, 11) is 0. The number of benzene rings is 4. The largest absolute Gasteiger partial charge is 1.00 e. The molecule has 3 amide bonds. The van der Waals surface area contributed by atoms with Gasteiger partial charge in [-0.2, -0.15) is 0 Å². The molecule has 734 valence electrons. The molecule has 8 N–H and O–H groups in total. The van der Waals surface area contributed by atoms with E-state index in [2.05, 4.69) is 74.8 Å². The van der Waals surface area contributed by atoms with Gasteiger partial charge in [-0.05, 0) is 337 Å². The van der Waals surface area contributed by atoms with Crippen LogP contribution in [-0.4, -0.2) is 223 Å². The van der Waals surface area contributed by atoms with Gasteiger partial charge in [-0.1, -0.05) is 74.0 Å². The zero-order valence-electron chi connectivity index (χ0n) is 78.6. The number of amides is 3. The molecule has 0 aliphatic heterocycles. The van der Waals surface area contributed by atoms with E-state index >= 15 is 0 Å². The topological polar surface area (TPSA) is 365 Å². The second-order valence-corrected chi connectivity index (χ2v) is 40.3. The molecule has 5 aromatic rings. The van der Waals surface area contributed by atoms with Crippen LogP contribution in [0.2, 0.25) is 0 Å². The summed E-state index contributed by atoms with van der Waals surface area (Å²) in [5.41, 5.74) is 8.28. The van der Waals surface area contributed by atoms with Gasteiger partial charge in [-0.3, -0.25) is 14.4 Å². The van der Waals surface area contributed by atoms with Crippen LogP contribution < -0.4 is 49.0 Å². The van der Waals surface area contributed by atoms with Crippen molar-refractivity contribution >= 4 is 41.3 Å². The Morgan fingerprint density at radius 2 is 0.707 bits per heavy atom.